The minimum atomic E-state index is -0.827. The normalized spacial score (nSPS) is 11.9. The van der Waals surface area contributed by atoms with Crippen LogP contribution in [0.4, 0.5) is 0 Å². The molecular weight excluding hydrogens is 220 g/mol. The lowest BCUT2D eigenvalue weighted by atomic mass is 9.97. The highest BCUT2D eigenvalue weighted by Gasteiger charge is 2.11. The van der Waals surface area contributed by atoms with Gasteiger partial charge in [0.2, 0.25) is 0 Å². The summed E-state index contributed by atoms with van der Waals surface area (Å²) >= 11 is 0. The molecule has 0 saturated heterocycles. The van der Waals surface area contributed by atoms with Crippen molar-refractivity contribution in [1.82, 2.24) is 0 Å². The second kappa shape index (κ2) is 6.03. The summed E-state index contributed by atoms with van der Waals surface area (Å²) in [6.07, 6.45) is 0.0821. The zero-order chi connectivity index (χ0) is 12.8. The number of ether oxygens (including phenoxy) is 1. The number of esters is 1. The lowest BCUT2D eigenvalue weighted by Crippen LogP contribution is -2.06. The van der Waals surface area contributed by atoms with Gasteiger partial charge in [-0.05, 0) is 30.5 Å². The minimum absolute atomic E-state index is 0.0660. The van der Waals surface area contributed by atoms with Crippen molar-refractivity contribution in [2.24, 2.45) is 0 Å². The Morgan fingerprint density at radius 1 is 1.29 bits per heavy atom. The van der Waals surface area contributed by atoms with Crippen LogP contribution in [0.25, 0.3) is 0 Å². The van der Waals surface area contributed by atoms with Crippen molar-refractivity contribution in [3.63, 3.8) is 0 Å². The van der Waals surface area contributed by atoms with Gasteiger partial charge in [-0.1, -0.05) is 19.1 Å². The van der Waals surface area contributed by atoms with Gasteiger partial charge in [0.05, 0.1) is 18.6 Å². The molecule has 0 fully saturated rings. The largest absolute Gasteiger partial charge is 0.481 e. The van der Waals surface area contributed by atoms with Crippen LogP contribution in [0.15, 0.2) is 24.3 Å². The topological polar surface area (TPSA) is 63.6 Å². The van der Waals surface area contributed by atoms with Crippen LogP contribution >= 0.6 is 0 Å². The first-order chi connectivity index (χ1) is 8.04. The summed E-state index contributed by atoms with van der Waals surface area (Å²) in [5.74, 6) is -1.25. The van der Waals surface area contributed by atoms with E-state index in [9.17, 15) is 9.59 Å². The van der Waals surface area contributed by atoms with Gasteiger partial charge >= 0.3 is 11.9 Å². The first-order valence-corrected chi connectivity index (χ1v) is 5.53. The zero-order valence-corrected chi connectivity index (χ0v) is 9.97. The van der Waals surface area contributed by atoms with E-state index in [0.717, 1.165) is 5.56 Å². The summed E-state index contributed by atoms with van der Waals surface area (Å²) in [5.41, 5.74) is 1.39. The maximum absolute atomic E-state index is 11.4. The highest BCUT2D eigenvalue weighted by Crippen LogP contribution is 2.19. The molecule has 17 heavy (non-hydrogen) atoms. The number of carbonyl (C=O) groups excluding carboxylic acids is 1. The fraction of sp³-hybridized carbons (Fsp3) is 0.385. The van der Waals surface area contributed by atoms with E-state index >= 15 is 0 Å². The number of carbonyl (C=O) groups is 2. The average molecular weight is 236 g/mol. The van der Waals surface area contributed by atoms with Crippen molar-refractivity contribution in [3.8, 4) is 0 Å². The van der Waals surface area contributed by atoms with Crippen LogP contribution in [-0.2, 0) is 9.53 Å². The molecular formula is C13H16O4. The van der Waals surface area contributed by atoms with Crippen molar-refractivity contribution in [2.75, 3.05) is 6.61 Å². The van der Waals surface area contributed by atoms with E-state index < -0.39 is 5.97 Å². The Hall–Kier alpha value is -1.84. The van der Waals surface area contributed by atoms with Crippen LogP contribution in [0.3, 0.4) is 0 Å². The Kier molecular flexibility index (Phi) is 4.69. The predicted molar refractivity (Wildman–Crippen MR) is 63.1 cm³/mol. The van der Waals surface area contributed by atoms with Crippen molar-refractivity contribution < 1.29 is 19.4 Å². The molecule has 0 aliphatic carbocycles. The van der Waals surface area contributed by atoms with Crippen LogP contribution in [0.1, 0.15) is 42.1 Å². The van der Waals surface area contributed by atoms with Gasteiger partial charge in [-0.25, -0.2) is 4.79 Å². The van der Waals surface area contributed by atoms with Crippen LogP contribution in [0.2, 0.25) is 0 Å². The number of hydrogen-bond acceptors (Lipinski definition) is 3. The highest BCUT2D eigenvalue weighted by molar-refractivity contribution is 5.89. The number of benzene rings is 1. The second-order valence-corrected chi connectivity index (χ2v) is 3.84. The maximum Gasteiger partial charge on any atom is 0.338 e. The van der Waals surface area contributed by atoms with E-state index in [1.807, 2.05) is 6.92 Å². The molecule has 1 aromatic rings. The number of rotatable bonds is 5. The summed E-state index contributed by atoms with van der Waals surface area (Å²) < 4.78 is 4.86. The lowest BCUT2D eigenvalue weighted by molar-refractivity contribution is -0.137. The van der Waals surface area contributed by atoms with Crippen LogP contribution < -0.4 is 0 Å². The van der Waals surface area contributed by atoms with Crippen molar-refractivity contribution in [1.29, 1.82) is 0 Å². The molecule has 1 atom stereocenters. The quantitative estimate of drug-likeness (QED) is 0.797. The monoisotopic (exact) mass is 236 g/mol. The Bertz CT molecular complexity index is 394. The third-order valence-corrected chi connectivity index (χ3v) is 2.47. The van der Waals surface area contributed by atoms with Crippen LogP contribution in [-0.4, -0.2) is 23.7 Å². The summed E-state index contributed by atoms with van der Waals surface area (Å²) in [6, 6.07) is 6.84. The van der Waals surface area contributed by atoms with Gasteiger partial charge in [-0.3, -0.25) is 4.79 Å². The fourth-order valence-corrected chi connectivity index (χ4v) is 1.54. The molecule has 1 N–H and O–H groups in total. The summed E-state index contributed by atoms with van der Waals surface area (Å²) in [6.45, 7) is 3.94. The number of carboxylic acids is 1. The van der Waals surface area contributed by atoms with E-state index in [2.05, 4.69) is 0 Å². The Balaban J connectivity index is 2.73. The molecule has 0 unspecified atom stereocenters. The molecule has 0 bridgehead atoms. The summed E-state index contributed by atoms with van der Waals surface area (Å²) in [7, 11) is 0. The van der Waals surface area contributed by atoms with Crippen molar-refractivity contribution in [3.05, 3.63) is 35.4 Å². The Labute approximate surface area is 100 Å². The number of carboxylic acid groups (broad SMARTS) is 1. The van der Waals surface area contributed by atoms with Crippen molar-refractivity contribution in [2.45, 2.75) is 26.2 Å². The molecule has 1 aromatic carbocycles. The van der Waals surface area contributed by atoms with Gasteiger partial charge in [-0.15, -0.1) is 0 Å². The van der Waals surface area contributed by atoms with Gasteiger partial charge in [0.25, 0.3) is 0 Å². The van der Waals surface area contributed by atoms with Gasteiger partial charge in [0, 0.05) is 0 Å². The molecule has 0 radical (unpaired) electrons. The molecule has 4 nitrogen and oxygen atoms in total. The first-order valence-electron chi connectivity index (χ1n) is 5.53. The molecule has 0 aromatic heterocycles. The Morgan fingerprint density at radius 2 is 1.88 bits per heavy atom. The summed E-state index contributed by atoms with van der Waals surface area (Å²) in [4.78, 5) is 22.0. The van der Waals surface area contributed by atoms with E-state index in [-0.39, 0.29) is 18.3 Å². The second-order valence-electron chi connectivity index (χ2n) is 3.84. The van der Waals surface area contributed by atoms with Gasteiger partial charge in [0.15, 0.2) is 0 Å². The van der Waals surface area contributed by atoms with Crippen molar-refractivity contribution >= 4 is 11.9 Å². The molecule has 92 valence electrons. The zero-order valence-electron chi connectivity index (χ0n) is 9.97. The van der Waals surface area contributed by atoms with E-state index in [1.165, 1.54) is 0 Å². The van der Waals surface area contributed by atoms with Gasteiger partial charge < -0.3 is 9.84 Å². The smallest absolute Gasteiger partial charge is 0.338 e. The Morgan fingerprint density at radius 3 is 2.35 bits per heavy atom. The lowest BCUT2D eigenvalue weighted by Gasteiger charge is -2.09. The number of aliphatic carboxylic acids is 1. The summed E-state index contributed by atoms with van der Waals surface area (Å²) in [5, 5.41) is 8.68. The SMILES string of the molecule is CCOC(=O)c1ccc([C@@H](C)CC(=O)O)cc1. The average Bonchev–Trinajstić information content (AvgIpc) is 2.28. The predicted octanol–water partition coefficient (Wildman–Crippen LogP) is 2.44. The highest BCUT2D eigenvalue weighted by atomic mass is 16.5. The molecule has 0 spiro atoms. The standard InChI is InChI=1S/C13H16O4/c1-3-17-13(16)11-6-4-10(5-7-11)9(2)8-12(14)15/h4-7,9H,3,8H2,1-2H3,(H,14,15)/t9-/m0/s1. The van der Waals surface area contributed by atoms with E-state index in [0.29, 0.717) is 12.2 Å². The third-order valence-electron chi connectivity index (χ3n) is 2.47. The first kappa shape index (κ1) is 13.2. The molecule has 0 saturated carbocycles. The molecule has 0 amide bonds. The van der Waals surface area contributed by atoms with Crippen LogP contribution in [0.5, 0.6) is 0 Å². The molecule has 0 aliphatic rings. The van der Waals surface area contributed by atoms with Crippen LogP contribution in [0, 0.1) is 0 Å². The number of hydrogen-bond donors (Lipinski definition) is 1. The van der Waals surface area contributed by atoms with E-state index in [1.54, 1.807) is 31.2 Å². The van der Waals surface area contributed by atoms with Gasteiger partial charge in [0.1, 0.15) is 0 Å². The molecule has 0 heterocycles. The van der Waals surface area contributed by atoms with E-state index in [4.69, 9.17) is 9.84 Å². The maximum atomic E-state index is 11.4. The van der Waals surface area contributed by atoms with Gasteiger partial charge in [-0.2, -0.15) is 0 Å². The molecule has 0 aliphatic heterocycles. The molecule has 1 rings (SSSR count). The minimum Gasteiger partial charge on any atom is -0.481 e. The molecule has 4 heteroatoms. The fourth-order valence-electron chi connectivity index (χ4n) is 1.54. The third kappa shape index (κ3) is 3.90.